The van der Waals surface area contributed by atoms with Crippen LogP contribution in [0.1, 0.15) is 23.7 Å². The van der Waals surface area contributed by atoms with Crippen LogP contribution >= 0.6 is 0 Å². The highest BCUT2D eigenvalue weighted by Crippen LogP contribution is 2.41. The van der Waals surface area contributed by atoms with Gasteiger partial charge in [-0.2, -0.15) is 17.6 Å². The van der Waals surface area contributed by atoms with Gasteiger partial charge in [0.2, 0.25) is 11.6 Å². The van der Waals surface area contributed by atoms with Crippen molar-refractivity contribution in [3.8, 4) is 17.2 Å². The maximum absolute atomic E-state index is 14.7. The summed E-state index contributed by atoms with van der Waals surface area (Å²) in [6.07, 6.45) is -0.0144. The molecule has 0 spiro atoms. The minimum absolute atomic E-state index is 0.0707. The molecule has 142 valence electrons. The number of halogens is 4. The van der Waals surface area contributed by atoms with Crippen LogP contribution in [0.4, 0.5) is 17.6 Å². The predicted octanol–water partition coefficient (Wildman–Crippen LogP) is 3.19. The zero-order valence-corrected chi connectivity index (χ0v) is 13.6. The van der Waals surface area contributed by atoms with Gasteiger partial charge in [0.05, 0.1) is 19.0 Å². The molecule has 1 aliphatic heterocycles. The third-order valence-corrected chi connectivity index (χ3v) is 3.76. The molecule has 0 fully saturated rings. The number of hydrogen-bond acceptors (Lipinski definition) is 6. The molecular formula is C17H12F4N3O3-. The molecule has 2 aromatic rings. The van der Waals surface area contributed by atoms with Crippen LogP contribution in [0.15, 0.2) is 36.7 Å². The van der Waals surface area contributed by atoms with Crippen molar-refractivity contribution in [1.82, 2.24) is 9.97 Å². The zero-order chi connectivity index (χ0) is 19.6. The molecule has 2 heterocycles. The molecule has 10 heteroatoms. The number of hydrogen-bond donors (Lipinski definition) is 1. The van der Waals surface area contributed by atoms with Crippen molar-refractivity contribution in [3.05, 3.63) is 53.9 Å². The quantitative estimate of drug-likeness (QED) is 0.498. The van der Waals surface area contributed by atoms with Crippen molar-refractivity contribution in [1.29, 1.82) is 5.41 Å². The third-order valence-electron chi connectivity index (χ3n) is 3.76. The Hall–Kier alpha value is -3.17. The molecule has 6 nitrogen and oxygen atoms in total. The van der Waals surface area contributed by atoms with Gasteiger partial charge in [-0.25, -0.2) is 9.97 Å². The Bertz CT molecular complexity index is 882. The van der Waals surface area contributed by atoms with Gasteiger partial charge in [-0.05, 0) is 18.4 Å². The standard InChI is InChI=1S/C17H13F4N3O3/c18-14-12(27-10-7-23-16(24-8-10)17(19,20)21)3-2-11-9(1-4-13(22)25)5-6-26-15(11)14/h1-4,7-9H,5-6H2,(H2,22,25)/p-1. The van der Waals surface area contributed by atoms with Gasteiger partial charge in [0, 0.05) is 11.5 Å². The smallest absolute Gasteiger partial charge is 0.451 e. The summed E-state index contributed by atoms with van der Waals surface area (Å²) in [7, 11) is 0. The maximum atomic E-state index is 14.7. The molecule has 1 aliphatic rings. The van der Waals surface area contributed by atoms with Crippen LogP contribution in [0.5, 0.6) is 17.2 Å². The molecule has 0 radical (unpaired) electrons. The topological polar surface area (TPSA) is 91.2 Å². The molecule has 1 N–H and O–H groups in total. The zero-order valence-electron chi connectivity index (χ0n) is 13.6. The lowest BCUT2D eigenvalue weighted by Gasteiger charge is -2.25. The van der Waals surface area contributed by atoms with Crippen molar-refractivity contribution < 1.29 is 32.1 Å². The molecule has 1 aromatic carbocycles. The largest absolute Gasteiger partial charge is 0.859 e. The van der Waals surface area contributed by atoms with E-state index in [-0.39, 0.29) is 29.8 Å². The summed E-state index contributed by atoms with van der Waals surface area (Å²) in [5.74, 6) is -3.84. The van der Waals surface area contributed by atoms with Crippen LogP contribution in [0.25, 0.3) is 0 Å². The average molecular weight is 382 g/mol. The van der Waals surface area contributed by atoms with E-state index >= 15 is 0 Å². The minimum Gasteiger partial charge on any atom is -0.859 e. The van der Waals surface area contributed by atoms with E-state index in [4.69, 9.17) is 14.9 Å². The first-order valence-electron chi connectivity index (χ1n) is 7.72. The molecule has 0 bridgehead atoms. The van der Waals surface area contributed by atoms with Crippen LogP contribution in [-0.4, -0.2) is 22.5 Å². The van der Waals surface area contributed by atoms with Crippen LogP contribution in [0.2, 0.25) is 0 Å². The Labute approximate surface area is 150 Å². The van der Waals surface area contributed by atoms with Crippen LogP contribution in [-0.2, 0) is 6.18 Å². The molecule has 1 aromatic heterocycles. The number of fused-ring (bicyclic) bond motifs is 1. The van der Waals surface area contributed by atoms with E-state index in [9.17, 15) is 22.7 Å². The molecule has 1 unspecified atom stereocenters. The molecular weight excluding hydrogens is 370 g/mol. The summed E-state index contributed by atoms with van der Waals surface area (Å²) in [4.78, 5) is 6.29. The van der Waals surface area contributed by atoms with E-state index in [2.05, 4.69) is 9.97 Å². The second-order valence-corrected chi connectivity index (χ2v) is 5.61. The van der Waals surface area contributed by atoms with Crippen molar-refractivity contribution >= 4 is 5.90 Å². The fraction of sp³-hybridized carbons (Fsp3) is 0.235. The number of rotatable bonds is 4. The SMILES string of the molecule is N=C([O-])C=CC1CCOc2c1ccc(Oc1cnc(C(F)(F)F)nc1)c2F. The number of nitrogens with zero attached hydrogens (tertiary/aromatic N) is 2. The van der Waals surface area contributed by atoms with Crippen LogP contribution in [0, 0.1) is 11.2 Å². The van der Waals surface area contributed by atoms with Gasteiger partial charge in [0.25, 0.3) is 0 Å². The number of allylic oxidation sites excluding steroid dienone is 1. The summed E-state index contributed by atoms with van der Waals surface area (Å²) in [6.45, 7) is 0.192. The highest BCUT2D eigenvalue weighted by molar-refractivity contribution is 5.80. The predicted molar refractivity (Wildman–Crippen MR) is 83.2 cm³/mol. The number of nitrogens with one attached hydrogen (secondary N) is 1. The fourth-order valence-electron chi connectivity index (χ4n) is 2.56. The summed E-state index contributed by atoms with van der Waals surface area (Å²) in [5, 5.41) is 17.7. The van der Waals surface area contributed by atoms with Crippen molar-refractivity contribution in [3.63, 3.8) is 0 Å². The Morgan fingerprint density at radius 2 is 2.00 bits per heavy atom. The third kappa shape index (κ3) is 4.15. The molecule has 1 atom stereocenters. The lowest BCUT2D eigenvalue weighted by atomic mass is 9.92. The van der Waals surface area contributed by atoms with E-state index in [0.717, 1.165) is 18.5 Å². The monoisotopic (exact) mass is 382 g/mol. The Morgan fingerprint density at radius 3 is 2.63 bits per heavy atom. The van der Waals surface area contributed by atoms with Gasteiger partial charge in [-0.15, -0.1) is 0 Å². The van der Waals surface area contributed by atoms with Crippen molar-refractivity contribution in [2.75, 3.05) is 6.61 Å². The van der Waals surface area contributed by atoms with Gasteiger partial charge in [-0.3, -0.25) is 0 Å². The average Bonchev–Trinajstić information content (AvgIpc) is 2.62. The van der Waals surface area contributed by atoms with Gasteiger partial charge < -0.3 is 20.0 Å². The second kappa shape index (κ2) is 7.22. The summed E-state index contributed by atoms with van der Waals surface area (Å²) >= 11 is 0. The summed E-state index contributed by atoms with van der Waals surface area (Å²) < 4.78 is 62.6. The van der Waals surface area contributed by atoms with Gasteiger partial charge >= 0.3 is 6.18 Å². The summed E-state index contributed by atoms with van der Waals surface area (Å²) in [6, 6.07) is 2.82. The van der Waals surface area contributed by atoms with E-state index in [1.54, 1.807) is 0 Å². The highest BCUT2D eigenvalue weighted by atomic mass is 19.4. The first kappa shape index (κ1) is 18.6. The van der Waals surface area contributed by atoms with Gasteiger partial charge in [-0.1, -0.05) is 18.2 Å². The lowest BCUT2D eigenvalue weighted by molar-refractivity contribution is -0.213. The van der Waals surface area contributed by atoms with Crippen molar-refractivity contribution in [2.24, 2.45) is 0 Å². The van der Waals surface area contributed by atoms with Crippen molar-refractivity contribution in [2.45, 2.75) is 18.5 Å². The highest BCUT2D eigenvalue weighted by Gasteiger charge is 2.34. The maximum Gasteiger partial charge on any atom is 0.451 e. The van der Waals surface area contributed by atoms with Crippen LogP contribution < -0.4 is 14.6 Å². The van der Waals surface area contributed by atoms with Crippen LogP contribution in [0.3, 0.4) is 0 Å². The number of benzene rings is 1. The molecule has 0 saturated heterocycles. The number of aromatic nitrogens is 2. The summed E-state index contributed by atoms with van der Waals surface area (Å²) in [5.41, 5.74) is 0.479. The first-order valence-corrected chi connectivity index (χ1v) is 7.72. The van der Waals surface area contributed by atoms with E-state index in [1.807, 2.05) is 0 Å². The molecule has 0 aliphatic carbocycles. The van der Waals surface area contributed by atoms with E-state index in [0.29, 0.717) is 12.0 Å². The second-order valence-electron chi connectivity index (χ2n) is 5.61. The van der Waals surface area contributed by atoms with Gasteiger partial charge in [0.1, 0.15) is 0 Å². The Morgan fingerprint density at radius 1 is 1.30 bits per heavy atom. The Balaban J connectivity index is 1.85. The molecule has 0 saturated carbocycles. The van der Waals surface area contributed by atoms with E-state index in [1.165, 1.54) is 18.2 Å². The first-order chi connectivity index (χ1) is 12.8. The number of ether oxygens (including phenoxy) is 2. The number of alkyl halides is 3. The fourth-order valence-corrected chi connectivity index (χ4v) is 2.56. The van der Waals surface area contributed by atoms with Gasteiger partial charge in [0.15, 0.2) is 17.2 Å². The molecule has 27 heavy (non-hydrogen) atoms. The molecule has 0 amide bonds. The minimum atomic E-state index is -4.69. The Kier molecular flexibility index (Phi) is 4.98. The lowest BCUT2D eigenvalue weighted by Crippen LogP contribution is -2.16. The van der Waals surface area contributed by atoms with E-state index < -0.39 is 23.7 Å². The molecule has 3 rings (SSSR count). The normalized spacial score (nSPS) is 16.7.